The molecular formula is C18H24N4O3. The Morgan fingerprint density at radius 1 is 1.48 bits per heavy atom. The highest BCUT2D eigenvalue weighted by atomic mass is 16.5. The van der Waals surface area contributed by atoms with E-state index in [2.05, 4.69) is 16.0 Å². The Balaban J connectivity index is 1.47. The van der Waals surface area contributed by atoms with E-state index >= 15 is 0 Å². The van der Waals surface area contributed by atoms with Crippen molar-refractivity contribution in [3.8, 4) is 6.07 Å². The molecule has 1 amide bonds. The van der Waals surface area contributed by atoms with Gasteiger partial charge in [0.25, 0.3) is 5.91 Å². The lowest BCUT2D eigenvalue weighted by Crippen LogP contribution is -2.51. The molecule has 2 fully saturated rings. The number of amides is 1. The maximum absolute atomic E-state index is 12.5. The monoisotopic (exact) mass is 344 g/mol. The summed E-state index contributed by atoms with van der Waals surface area (Å²) >= 11 is 0. The average Bonchev–Trinajstić information content (AvgIpc) is 3.19. The van der Waals surface area contributed by atoms with Gasteiger partial charge in [0.2, 0.25) is 0 Å². The number of carbonyl (C=O) groups is 1. The fourth-order valence-electron chi connectivity index (χ4n) is 3.17. The standard InChI is InChI=1S/C18H24N4O3/c1-14(25-13-16-3-2-10-24-16)18(23)22-8-6-21(7-9-22)17-11-15(12-19)4-5-20-17/h4-5,11,14,16H,2-3,6-10,13H2,1H3/t14-,16-/m1/s1. The topological polar surface area (TPSA) is 78.7 Å². The molecule has 2 aliphatic heterocycles. The number of carbonyl (C=O) groups excluding carboxylic acids is 1. The van der Waals surface area contributed by atoms with Gasteiger partial charge in [-0.1, -0.05) is 0 Å². The van der Waals surface area contributed by atoms with E-state index in [-0.39, 0.29) is 12.0 Å². The van der Waals surface area contributed by atoms with E-state index in [1.165, 1.54) is 0 Å². The summed E-state index contributed by atoms with van der Waals surface area (Å²) in [4.78, 5) is 20.8. The van der Waals surface area contributed by atoms with Crippen molar-refractivity contribution in [2.24, 2.45) is 0 Å². The molecule has 0 aliphatic carbocycles. The number of hydrogen-bond donors (Lipinski definition) is 0. The van der Waals surface area contributed by atoms with Crippen LogP contribution in [0.1, 0.15) is 25.3 Å². The molecular weight excluding hydrogens is 320 g/mol. The van der Waals surface area contributed by atoms with E-state index in [0.29, 0.717) is 38.3 Å². The number of hydrogen-bond acceptors (Lipinski definition) is 6. The number of nitriles is 1. The molecule has 0 bridgehead atoms. The van der Waals surface area contributed by atoms with Gasteiger partial charge in [-0.2, -0.15) is 5.26 Å². The lowest BCUT2D eigenvalue weighted by Gasteiger charge is -2.36. The predicted octanol–water partition coefficient (Wildman–Crippen LogP) is 1.19. The SMILES string of the molecule is C[C@@H](OC[C@H]1CCCO1)C(=O)N1CCN(c2cc(C#N)ccn2)CC1. The summed E-state index contributed by atoms with van der Waals surface area (Å²) in [5.41, 5.74) is 0.597. The van der Waals surface area contributed by atoms with E-state index in [0.717, 1.165) is 25.3 Å². The zero-order chi connectivity index (χ0) is 17.6. The smallest absolute Gasteiger partial charge is 0.251 e. The van der Waals surface area contributed by atoms with Crippen molar-refractivity contribution < 1.29 is 14.3 Å². The average molecular weight is 344 g/mol. The van der Waals surface area contributed by atoms with Crippen LogP contribution in [-0.2, 0) is 14.3 Å². The summed E-state index contributed by atoms with van der Waals surface area (Å²) in [6.45, 7) is 5.74. The molecule has 2 atom stereocenters. The largest absolute Gasteiger partial charge is 0.376 e. The molecule has 0 aromatic carbocycles. The van der Waals surface area contributed by atoms with Crippen LogP contribution >= 0.6 is 0 Å². The molecule has 25 heavy (non-hydrogen) atoms. The Morgan fingerprint density at radius 3 is 2.96 bits per heavy atom. The van der Waals surface area contributed by atoms with Crippen LogP contribution in [0.25, 0.3) is 0 Å². The number of pyridine rings is 1. The fraction of sp³-hybridized carbons (Fsp3) is 0.611. The van der Waals surface area contributed by atoms with E-state index in [4.69, 9.17) is 14.7 Å². The number of nitrogens with zero attached hydrogens (tertiary/aromatic N) is 4. The van der Waals surface area contributed by atoms with Crippen molar-refractivity contribution in [1.82, 2.24) is 9.88 Å². The van der Waals surface area contributed by atoms with Crippen molar-refractivity contribution in [2.45, 2.75) is 32.0 Å². The van der Waals surface area contributed by atoms with Gasteiger partial charge in [0.15, 0.2) is 0 Å². The molecule has 2 aliphatic rings. The predicted molar refractivity (Wildman–Crippen MR) is 92.1 cm³/mol. The van der Waals surface area contributed by atoms with Gasteiger partial charge in [-0.15, -0.1) is 0 Å². The molecule has 7 nitrogen and oxygen atoms in total. The second kappa shape index (κ2) is 8.28. The molecule has 3 rings (SSSR count). The Morgan fingerprint density at radius 2 is 2.28 bits per heavy atom. The van der Waals surface area contributed by atoms with Gasteiger partial charge in [0.05, 0.1) is 24.3 Å². The highest BCUT2D eigenvalue weighted by Gasteiger charge is 2.27. The van der Waals surface area contributed by atoms with Gasteiger partial charge in [-0.3, -0.25) is 4.79 Å². The molecule has 0 unspecified atom stereocenters. The Kier molecular flexibility index (Phi) is 5.84. The molecule has 0 spiro atoms. The van der Waals surface area contributed by atoms with Gasteiger partial charge < -0.3 is 19.3 Å². The number of anilines is 1. The van der Waals surface area contributed by atoms with Crippen LogP contribution in [0.15, 0.2) is 18.3 Å². The minimum Gasteiger partial charge on any atom is -0.376 e. The normalized spacial score (nSPS) is 21.8. The van der Waals surface area contributed by atoms with Gasteiger partial charge >= 0.3 is 0 Å². The van der Waals surface area contributed by atoms with E-state index in [1.807, 2.05) is 11.8 Å². The van der Waals surface area contributed by atoms with Crippen LogP contribution < -0.4 is 4.90 Å². The molecule has 1 aromatic heterocycles. The molecule has 0 saturated carbocycles. The summed E-state index contributed by atoms with van der Waals surface area (Å²) in [5.74, 6) is 0.810. The zero-order valence-corrected chi connectivity index (χ0v) is 14.6. The van der Waals surface area contributed by atoms with Crippen molar-refractivity contribution >= 4 is 11.7 Å². The van der Waals surface area contributed by atoms with E-state index in [9.17, 15) is 4.79 Å². The van der Waals surface area contributed by atoms with Crippen LogP contribution in [-0.4, -0.2) is 67.4 Å². The Bertz CT molecular complexity index is 631. The molecule has 3 heterocycles. The highest BCUT2D eigenvalue weighted by molar-refractivity contribution is 5.80. The second-order valence-electron chi connectivity index (χ2n) is 6.44. The fourth-order valence-corrected chi connectivity index (χ4v) is 3.17. The maximum atomic E-state index is 12.5. The first kappa shape index (κ1) is 17.6. The quantitative estimate of drug-likeness (QED) is 0.798. The third-order valence-corrected chi connectivity index (χ3v) is 4.69. The van der Waals surface area contributed by atoms with Crippen LogP contribution in [0.4, 0.5) is 5.82 Å². The highest BCUT2D eigenvalue weighted by Crippen LogP contribution is 2.16. The van der Waals surface area contributed by atoms with Crippen molar-refractivity contribution in [1.29, 1.82) is 5.26 Å². The molecule has 2 saturated heterocycles. The molecule has 0 N–H and O–H groups in total. The summed E-state index contributed by atoms with van der Waals surface area (Å²) < 4.78 is 11.2. The lowest BCUT2D eigenvalue weighted by molar-refractivity contribution is -0.144. The number of rotatable bonds is 5. The molecule has 0 radical (unpaired) electrons. The first-order valence-electron chi connectivity index (χ1n) is 8.80. The number of ether oxygens (including phenoxy) is 2. The summed E-state index contributed by atoms with van der Waals surface area (Å²) in [7, 11) is 0. The third kappa shape index (κ3) is 4.47. The van der Waals surface area contributed by atoms with Gasteiger partial charge in [-0.25, -0.2) is 4.98 Å². The molecule has 7 heteroatoms. The summed E-state index contributed by atoms with van der Waals surface area (Å²) in [5, 5.41) is 8.99. The van der Waals surface area contributed by atoms with Crippen molar-refractivity contribution in [3.05, 3.63) is 23.9 Å². The zero-order valence-electron chi connectivity index (χ0n) is 14.6. The third-order valence-electron chi connectivity index (χ3n) is 4.69. The first-order chi connectivity index (χ1) is 12.2. The Hall–Kier alpha value is -2.17. The minimum atomic E-state index is -0.448. The molecule has 134 valence electrons. The van der Waals surface area contributed by atoms with Crippen molar-refractivity contribution in [3.63, 3.8) is 0 Å². The van der Waals surface area contributed by atoms with Crippen LogP contribution in [0.5, 0.6) is 0 Å². The summed E-state index contributed by atoms with van der Waals surface area (Å²) in [6, 6.07) is 5.60. The van der Waals surface area contributed by atoms with E-state index in [1.54, 1.807) is 18.3 Å². The molecule has 1 aromatic rings. The van der Waals surface area contributed by atoms with E-state index < -0.39 is 6.10 Å². The van der Waals surface area contributed by atoms with Crippen molar-refractivity contribution in [2.75, 3.05) is 44.3 Å². The minimum absolute atomic E-state index is 0.0244. The lowest BCUT2D eigenvalue weighted by atomic mass is 10.2. The van der Waals surface area contributed by atoms with Crippen LogP contribution in [0.2, 0.25) is 0 Å². The second-order valence-corrected chi connectivity index (χ2v) is 6.44. The van der Waals surface area contributed by atoms with Crippen LogP contribution in [0, 0.1) is 11.3 Å². The van der Waals surface area contributed by atoms with Gasteiger partial charge in [0.1, 0.15) is 11.9 Å². The van der Waals surface area contributed by atoms with Gasteiger partial charge in [-0.05, 0) is 31.9 Å². The first-order valence-corrected chi connectivity index (χ1v) is 8.80. The summed E-state index contributed by atoms with van der Waals surface area (Å²) in [6.07, 6.45) is 3.40. The number of piperazine rings is 1. The Labute approximate surface area is 148 Å². The number of aromatic nitrogens is 1. The van der Waals surface area contributed by atoms with Crippen LogP contribution in [0.3, 0.4) is 0 Å². The maximum Gasteiger partial charge on any atom is 0.251 e. The van der Waals surface area contributed by atoms with Gasteiger partial charge in [0, 0.05) is 39.0 Å².